The van der Waals surface area contributed by atoms with Crippen LogP contribution < -0.4 is 5.32 Å². The average Bonchev–Trinajstić information content (AvgIpc) is 2.81. The number of thiophene rings is 1. The van der Waals surface area contributed by atoms with Crippen molar-refractivity contribution < 1.29 is 9.59 Å². The molecule has 1 aromatic heterocycles. The summed E-state index contributed by atoms with van der Waals surface area (Å²) in [5.41, 5.74) is 0. The first-order valence-electron chi connectivity index (χ1n) is 7.25. The van der Waals surface area contributed by atoms with Crippen LogP contribution in [-0.2, 0) is 16.1 Å². The van der Waals surface area contributed by atoms with Gasteiger partial charge < -0.3 is 10.2 Å². The fourth-order valence-electron chi connectivity index (χ4n) is 2.52. The second kappa shape index (κ2) is 6.92. The Morgan fingerprint density at radius 2 is 2.24 bits per heavy atom. The summed E-state index contributed by atoms with van der Waals surface area (Å²) in [7, 11) is 0. The molecule has 2 amide bonds. The minimum atomic E-state index is -0.411. The molecule has 1 aliphatic rings. The van der Waals surface area contributed by atoms with E-state index in [1.165, 1.54) is 0 Å². The van der Waals surface area contributed by atoms with Gasteiger partial charge in [0, 0.05) is 21.8 Å². The molecule has 2 heterocycles. The van der Waals surface area contributed by atoms with Gasteiger partial charge >= 0.3 is 0 Å². The molecule has 3 atom stereocenters. The van der Waals surface area contributed by atoms with Gasteiger partial charge in [-0.15, -0.1) is 11.3 Å². The topological polar surface area (TPSA) is 49.4 Å². The lowest BCUT2D eigenvalue weighted by molar-refractivity contribution is -0.136. The van der Waals surface area contributed by atoms with Crippen LogP contribution in [0.1, 0.15) is 38.5 Å². The molecule has 1 saturated heterocycles. The van der Waals surface area contributed by atoms with Crippen molar-refractivity contribution in [3.63, 3.8) is 0 Å². The molecule has 1 aromatic rings. The van der Waals surface area contributed by atoms with Crippen LogP contribution in [0.15, 0.2) is 15.9 Å². The minimum absolute atomic E-state index is 0.0306. The molecular formula is C15H21BrN2O2S. The highest BCUT2D eigenvalue weighted by atomic mass is 79.9. The number of rotatable bonds is 4. The van der Waals surface area contributed by atoms with Crippen molar-refractivity contribution >= 4 is 39.1 Å². The average molecular weight is 373 g/mol. The Kier molecular flexibility index (Phi) is 5.43. The summed E-state index contributed by atoms with van der Waals surface area (Å²) in [4.78, 5) is 27.8. The van der Waals surface area contributed by atoms with E-state index in [-0.39, 0.29) is 23.8 Å². The van der Waals surface area contributed by atoms with Gasteiger partial charge in [-0.2, -0.15) is 0 Å². The highest BCUT2D eigenvalue weighted by Gasteiger charge is 2.36. The SMILES string of the molecule is CCC(C)C1NC(=O)CC(C)N(Cc2sccc2Br)C1=O. The van der Waals surface area contributed by atoms with E-state index in [9.17, 15) is 9.59 Å². The van der Waals surface area contributed by atoms with Gasteiger partial charge in [-0.05, 0) is 40.2 Å². The molecule has 1 fully saturated rings. The molecule has 6 heteroatoms. The number of hydrogen-bond acceptors (Lipinski definition) is 3. The maximum atomic E-state index is 12.8. The first kappa shape index (κ1) is 16.5. The molecule has 1 aliphatic heterocycles. The lowest BCUT2D eigenvalue weighted by atomic mass is 9.98. The molecular weight excluding hydrogens is 352 g/mol. The third-order valence-electron chi connectivity index (χ3n) is 4.10. The zero-order valence-electron chi connectivity index (χ0n) is 12.6. The Hall–Kier alpha value is -0.880. The second-order valence-electron chi connectivity index (χ2n) is 5.64. The van der Waals surface area contributed by atoms with Crippen LogP contribution in [0.2, 0.25) is 0 Å². The van der Waals surface area contributed by atoms with Gasteiger partial charge in [0.2, 0.25) is 11.8 Å². The smallest absolute Gasteiger partial charge is 0.246 e. The first-order chi connectivity index (χ1) is 9.93. The van der Waals surface area contributed by atoms with Gasteiger partial charge in [0.15, 0.2) is 0 Å². The standard InChI is InChI=1S/C15H21BrN2O2S/c1-4-9(2)14-15(20)18(10(3)7-13(19)17-14)8-12-11(16)5-6-21-12/h5-6,9-10,14H,4,7-8H2,1-3H3,(H,17,19). The molecule has 0 saturated carbocycles. The van der Waals surface area contributed by atoms with Crippen molar-refractivity contribution in [2.75, 3.05) is 0 Å². The number of halogens is 1. The van der Waals surface area contributed by atoms with Crippen molar-refractivity contribution in [3.05, 3.63) is 20.8 Å². The number of carbonyl (C=O) groups excluding carboxylic acids is 2. The summed E-state index contributed by atoms with van der Waals surface area (Å²) in [6.45, 7) is 6.55. The Labute approximate surface area is 138 Å². The largest absolute Gasteiger partial charge is 0.344 e. The third kappa shape index (κ3) is 3.66. The van der Waals surface area contributed by atoms with Crippen molar-refractivity contribution in [1.82, 2.24) is 10.2 Å². The van der Waals surface area contributed by atoms with Crippen LogP contribution in [0, 0.1) is 5.92 Å². The van der Waals surface area contributed by atoms with Crippen LogP contribution >= 0.6 is 27.3 Å². The number of hydrogen-bond donors (Lipinski definition) is 1. The Morgan fingerprint density at radius 3 is 2.81 bits per heavy atom. The van der Waals surface area contributed by atoms with Gasteiger partial charge in [0.1, 0.15) is 6.04 Å². The van der Waals surface area contributed by atoms with Crippen LogP contribution in [0.5, 0.6) is 0 Å². The zero-order valence-corrected chi connectivity index (χ0v) is 15.0. The maximum absolute atomic E-state index is 12.8. The predicted molar refractivity (Wildman–Crippen MR) is 88.0 cm³/mol. The van der Waals surface area contributed by atoms with E-state index in [1.54, 1.807) is 11.3 Å². The number of nitrogens with zero attached hydrogens (tertiary/aromatic N) is 1. The Balaban J connectivity index is 2.26. The molecule has 0 aromatic carbocycles. The third-order valence-corrected chi connectivity index (χ3v) is 6.01. The van der Waals surface area contributed by atoms with Gasteiger partial charge in [-0.25, -0.2) is 0 Å². The Morgan fingerprint density at radius 1 is 1.52 bits per heavy atom. The fraction of sp³-hybridized carbons (Fsp3) is 0.600. The van der Waals surface area contributed by atoms with Crippen LogP contribution in [0.3, 0.4) is 0 Å². The van der Waals surface area contributed by atoms with Crippen LogP contribution in [0.4, 0.5) is 0 Å². The number of amides is 2. The highest BCUT2D eigenvalue weighted by Crippen LogP contribution is 2.27. The van der Waals surface area contributed by atoms with Crippen molar-refractivity contribution in [1.29, 1.82) is 0 Å². The fourth-order valence-corrected chi connectivity index (χ4v) is 3.99. The molecule has 2 rings (SSSR count). The van der Waals surface area contributed by atoms with E-state index in [1.807, 2.05) is 37.1 Å². The van der Waals surface area contributed by atoms with Crippen LogP contribution in [0.25, 0.3) is 0 Å². The molecule has 4 nitrogen and oxygen atoms in total. The van der Waals surface area contributed by atoms with Gasteiger partial charge in [-0.3, -0.25) is 9.59 Å². The molecule has 3 unspecified atom stereocenters. The van der Waals surface area contributed by atoms with E-state index in [4.69, 9.17) is 0 Å². The first-order valence-corrected chi connectivity index (χ1v) is 8.93. The summed E-state index contributed by atoms with van der Waals surface area (Å²) < 4.78 is 1.02. The minimum Gasteiger partial charge on any atom is -0.344 e. The van der Waals surface area contributed by atoms with Gasteiger partial charge in [-0.1, -0.05) is 20.3 Å². The van der Waals surface area contributed by atoms with Gasteiger partial charge in [0.05, 0.1) is 6.54 Å². The predicted octanol–water partition coefficient (Wildman–Crippen LogP) is 3.16. The van der Waals surface area contributed by atoms with E-state index in [0.29, 0.717) is 13.0 Å². The summed E-state index contributed by atoms with van der Waals surface area (Å²) in [6.07, 6.45) is 1.23. The van der Waals surface area contributed by atoms with Crippen molar-refractivity contribution in [2.45, 2.75) is 52.2 Å². The number of nitrogens with one attached hydrogen (secondary N) is 1. The summed E-state index contributed by atoms with van der Waals surface area (Å²) in [6, 6.07) is 1.49. The monoisotopic (exact) mass is 372 g/mol. The van der Waals surface area contributed by atoms with Crippen molar-refractivity contribution in [2.24, 2.45) is 5.92 Å². The molecule has 0 radical (unpaired) electrons. The molecule has 1 N–H and O–H groups in total. The Bertz CT molecular complexity index is 531. The highest BCUT2D eigenvalue weighted by molar-refractivity contribution is 9.10. The number of carbonyl (C=O) groups is 2. The molecule has 116 valence electrons. The normalized spacial score (nSPS) is 24.7. The van der Waals surface area contributed by atoms with E-state index < -0.39 is 6.04 Å². The quantitative estimate of drug-likeness (QED) is 0.882. The van der Waals surface area contributed by atoms with Crippen LogP contribution in [-0.4, -0.2) is 28.8 Å². The van der Waals surface area contributed by atoms with E-state index in [0.717, 1.165) is 15.8 Å². The van der Waals surface area contributed by atoms with E-state index >= 15 is 0 Å². The molecule has 0 spiro atoms. The summed E-state index contributed by atoms with van der Waals surface area (Å²) >= 11 is 5.14. The maximum Gasteiger partial charge on any atom is 0.246 e. The molecule has 0 aliphatic carbocycles. The summed E-state index contributed by atoms with van der Waals surface area (Å²) in [5.74, 6) is 0.137. The van der Waals surface area contributed by atoms with E-state index in [2.05, 4.69) is 21.2 Å². The molecule has 0 bridgehead atoms. The lowest BCUT2D eigenvalue weighted by Gasteiger charge is -2.30. The molecule has 21 heavy (non-hydrogen) atoms. The summed E-state index contributed by atoms with van der Waals surface area (Å²) in [5, 5.41) is 4.90. The zero-order chi connectivity index (χ0) is 15.6. The lowest BCUT2D eigenvalue weighted by Crippen LogP contribution is -2.49. The van der Waals surface area contributed by atoms with Crippen molar-refractivity contribution in [3.8, 4) is 0 Å². The second-order valence-corrected chi connectivity index (χ2v) is 7.50. The van der Waals surface area contributed by atoms with Gasteiger partial charge in [0.25, 0.3) is 0 Å².